The van der Waals surface area contributed by atoms with Crippen LogP contribution in [0, 0.1) is 6.92 Å². The molecule has 0 aliphatic carbocycles. The van der Waals surface area contributed by atoms with Crippen LogP contribution in [0.2, 0.25) is 5.15 Å². The topological polar surface area (TPSA) is 130 Å². The lowest BCUT2D eigenvalue weighted by atomic mass is 9.97. The van der Waals surface area contributed by atoms with Gasteiger partial charge in [0.1, 0.15) is 22.3 Å². The number of fused-ring (bicyclic) bond motifs is 1. The molecule has 0 atom stereocenters. The number of ether oxygens (including phenoxy) is 1. The van der Waals surface area contributed by atoms with Crippen LogP contribution in [0.4, 0.5) is 0 Å². The smallest absolute Gasteiger partial charge is 0.340 e. The Morgan fingerprint density at radius 3 is 2.63 bits per heavy atom. The molecule has 10 nitrogen and oxygen atoms in total. The molecule has 35 heavy (non-hydrogen) atoms. The van der Waals surface area contributed by atoms with Crippen LogP contribution in [0.25, 0.3) is 28.0 Å². The molecule has 0 bridgehead atoms. The van der Waals surface area contributed by atoms with Gasteiger partial charge in [-0.15, -0.1) is 0 Å². The number of imidazole rings is 1. The number of nitrogens with zero attached hydrogens (tertiary/aromatic N) is 4. The molecule has 0 unspecified atom stereocenters. The minimum Gasteiger partial charge on any atom is -0.481 e. The molecular weight excluding hydrogens is 470 g/mol. The van der Waals surface area contributed by atoms with Gasteiger partial charge in [0.25, 0.3) is 5.91 Å². The highest BCUT2D eigenvalue weighted by atomic mass is 35.5. The zero-order valence-electron chi connectivity index (χ0n) is 18.8. The molecule has 5 rings (SSSR count). The lowest BCUT2D eigenvalue weighted by Gasteiger charge is -2.11. The quantitative estimate of drug-likeness (QED) is 0.335. The highest BCUT2D eigenvalue weighted by Crippen LogP contribution is 2.37. The summed E-state index contributed by atoms with van der Waals surface area (Å²) in [4.78, 5) is 35.5. The van der Waals surface area contributed by atoms with E-state index in [0.29, 0.717) is 33.8 Å². The SMILES string of the molecule is COc1ccc(-c2ccccc2-c2nc3cc(C(=O)NCc4n[nH]c(=O)[nH]4)ccn3c2Cl)c(C)n1. The summed E-state index contributed by atoms with van der Waals surface area (Å²) >= 11 is 6.73. The Morgan fingerprint density at radius 1 is 1.11 bits per heavy atom. The normalized spacial score (nSPS) is 11.1. The first kappa shape index (κ1) is 22.4. The Bertz CT molecular complexity index is 1620. The van der Waals surface area contributed by atoms with E-state index in [2.05, 4.69) is 25.5 Å². The van der Waals surface area contributed by atoms with E-state index in [1.165, 1.54) is 0 Å². The fraction of sp³-hybridized carbons (Fsp3) is 0.125. The van der Waals surface area contributed by atoms with Crippen molar-refractivity contribution >= 4 is 23.2 Å². The molecule has 4 heterocycles. The molecule has 176 valence electrons. The van der Waals surface area contributed by atoms with Gasteiger partial charge in [0.2, 0.25) is 5.88 Å². The van der Waals surface area contributed by atoms with Crippen LogP contribution in [0.1, 0.15) is 21.9 Å². The van der Waals surface area contributed by atoms with E-state index in [-0.39, 0.29) is 12.5 Å². The van der Waals surface area contributed by atoms with Crippen LogP contribution in [0.5, 0.6) is 5.88 Å². The number of amides is 1. The first-order valence-electron chi connectivity index (χ1n) is 10.7. The summed E-state index contributed by atoms with van der Waals surface area (Å²) in [7, 11) is 1.58. The lowest BCUT2D eigenvalue weighted by molar-refractivity contribution is 0.0950. The molecule has 0 aliphatic heterocycles. The minimum absolute atomic E-state index is 0.0752. The van der Waals surface area contributed by atoms with Gasteiger partial charge >= 0.3 is 5.69 Å². The average Bonchev–Trinajstić information content (AvgIpc) is 3.44. The third-order valence-electron chi connectivity index (χ3n) is 5.54. The van der Waals surface area contributed by atoms with Crippen molar-refractivity contribution in [2.24, 2.45) is 0 Å². The first-order valence-corrected chi connectivity index (χ1v) is 11.0. The summed E-state index contributed by atoms with van der Waals surface area (Å²) in [6, 6.07) is 14.9. The number of aromatic amines is 2. The van der Waals surface area contributed by atoms with Crippen molar-refractivity contribution in [2.75, 3.05) is 7.11 Å². The first-order chi connectivity index (χ1) is 16.9. The Balaban J connectivity index is 1.50. The van der Waals surface area contributed by atoms with E-state index < -0.39 is 5.69 Å². The van der Waals surface area contributed by atoms with Gasteiger partial charge in [0.15, 0.2) is 0 Å². The molecule has 1 aromatic carbocycles. The number of nitrogens with one attached hydrogen (secondary N) is 3. The van der Waals surface area contributed by atoms with Crippen LogP contribution in [0.3, 0.4) is 0 Å². The zero-order valence-corrected chi connectivity index (χ0v) is 19.6. The van der Waals surface area contributed by atoms with Crippen molar-refractivity contribution in [3.8, 4) is 28.3 Å². The van der Waals surface area contributed by atoms with Crippen molar-refractivity contribution in [1.82, 2.24) is 34.9 Å². The molecule has 0 radical (unpaired) electrons. The Morgan fingerprint density at radius 2 is 1.91 bits per heavy atom. The molecule has 5 aromatic rings. The van der Waals surface area contributed by atoms with E-state index >= 15 is 0 Å². The van der Waals surface area contributed by atoms with Crippen molar-refractivity contribution in [1.29, 1.82) is 0 Å². The van der Waals surface area contributed by atoms with E-state index in [4.69, 9.17) is 21.3 Å². The second kappa shape index (κ2) is 9.07. The highest BCUT2D eigenvalue weighted by molar-refractivity contribution is 6.32. The number of hydrogen-bond acceptors (Lipinski definition) is 6. The molecule has 0 aliphatic rings. The number of hydrogen-bond donors (Lipinski definition) is 3. The summed E-state index contributed by atoms with van der Waals surface area (Å²) in [6.45, 7) is 2.00. The largest absolute Gasteiger partial charge is 0.481 e. The standard InChI is InChI=1S/C24H20ClN7O3/c1-13-15(7-8-20(27-13)35-2)16-5-3-4-6-17(16)21-22(25)32-10-9-14(11-19(32)29-21)23(33)26-12-18-28-24(34)31-30-18/h3-11H,12H2,1-2H3,(H,26,33)(H2,28,30,31,34). The van der Waals surface area contributed by atoms with Crippen LogP contribution in [-0.4, -0.2) is 42.6 Å². The summed E-state index contributed by atoms with van der Waals surface area (Å²) in [5, 5.41) is 9.17. The van der Waals surface area contributed by atoms with Crippen molar-refractivity contribution in [2.45, 2.75) is 13.5 Å². The molecule has 0 saturated heterocycles. The van der Waals surface area contributed by atoms with Gasteiger partial charge in [0, 0.05) is 34.6 Å². The van der Waals surface area contributed by atoms with Crippen LogP contribution in [0.15, 0.2) is 59.5 Å². The van der Waals surface area contributed by atoms with Gasteiger partial charge in [-0.3, -0.25) is 14.2 Å². The van der Waals surface area contributed by atoms with Gasteiger partial charge < -0.3 is 10.1 Å². The third kappa shape index (κ3) is 4.26. The molecule has 0 spiro atoms. The van der Waals surface area contributed by atoms with Gasteiger partial charge in [-0.2, -0.15) is 5.10 Å². The summed E-state index contributed by atoms with van der Waals surface area (Å²) in [6.07, 6.45) is 1.70. The Hall–Kier alpha value is -4.44. The number of aromatic nitrogens is 6. The van der Waals surface area contributed by atoms with Crippen LogP contribution < -0.4 is 15.7 Å². The number of carbonyl (C=O) groups excluding carboxylic acids is 1. The number of aryl methyl sites for hydroxylation is 1. The molecule has 11 heteroatoms. The molecule has 0 fully saturated rings. The van der Waals surface area contributed by atoms with Crippen molar-refractivity contribution < 1.29 is 9.53 Å². The van der Waals surface area contributed by atoms with Gasteiger partial charge in [-0.05, 0) is 30.7 Å². The summed E-state index contributed by atoms with van der Waals surface area (Å²) in [5.41, 5.74) is 4.58. The van der Waals surface area contributed by atoms with Gasteiger partial charge in [-0.1, -0.05) is 35.9 Å². The van der Waals surface area contributed by atoms with E-state index in [0.717, 1.165) is 22.4 Å². The number of methoxy groups -OCH3 is 1. The van der Waals surface area contributed by atoms with E-state index in [1.54, 1.807) is 29.8 Å². The fourth-order valence-electron chi connectivity index (χ4n) is 3.84. The maximum atomic E-state index is 12.6. The maximum absolute atomic E-state index is 12.6. The van der Waals surface area contributed by atoms with Crippen molar-refractivity contribution in [3.05, 3.63) is 87.4 Å². The zero-order chi connectivity index (χ0) is 24.5. The number of carbonyl (C=O) groups is 1. The number of halogens is 1. The Labute approximate surface area is 204 Å². The molecule has 1 amide bonds. The third-order valence-corrected chi connectivity index (χ3v) is 5.90. The van der Waals surface area contributed by atoms with Crippen molar-refractivity contribution in [3.63, 3.8) is 0 Å². The predicted molar refractivity (Wildman–Crippen MR) is 131 cm³/mol. The average molecular weight is 490 g/mol. The lowest BCUT2D eigenvalue weighted by Crippen LogP contribution is -2.23. The summed E-state index contributed by atoms with van der Waals surface area (Å²) in [5.74, 6) is 0.534. The van der Waals surface area contributed by atoms with E-state index in [9.17, 15) is 9.59 Å². The molecule has 0 saturated carbocycles. The number of rotatable bonds is 6. The second-order valence-electron chi connectivity index (χ2n) is 7.73. The van der Waals surface area contributed by atoms with E-state index in [1.807, 2.05) is 43.3 Å². The number of H-pyrrole nitrogens is 2. The monoisotopic (exact) mass is 489 g/mol. The summed E-state index contributed by atoms with van der Waals surface area (Å²) < 4.78 is 6.95. The van der Waals surface area contributed by atoms with Crippen LogP contribution >= 0.6 is 11.6 Å². The number of pyridine rings is 2. The molecule has 3 N–H and O–H groups in total. The number of benzene rings is 1. The molecular formula is C24H20ClN7O3. The Kier molecular flexibility index (Phi) is 5.79. The fourth-order valence-corrected chi connectivity index (χ4v) is 4.13. The maximum Gasteiger partial charge on any atom is 0.340 e. The molecule has 4 aromatic heterocycles. The minimum atomic E-state index is -0.434. The van der Waals surface area contributed by atoms with Crippen LogP contribution in [-0.2, 0) is 6.54 Å². The highest BCUT2D eigenvalue weighted by Gasteiger charge is 2.19. The van der Waals surface area contributed by atoms with Gasteiger partial charge in [0.05, 0.1) is 13.7 Å². The van der Waals surface area contributed by atoms with Gasteiger partial charge in [-0.25, -0.2) is 19.9 Å². The second-order valence-corrected chi connectivity index (χ2v) is 8.09. The predicted octanol–water partition coefficient (Wildman–Crippen LogP) is 3.38.